The van der Waals surface area contributed by atoms with Gasteiger partial charge in [0.05, 0.1) is 0 Å². The minimum Gasteiger partial charge on any atom is -0.488 e. The maximum Gasteiger partial charge on any atom is 0.123 e. The number of hydrogen-bond donors (Lipinski definition) is 1. The molecule has 0 unspecified atom stereocenters. The van der Waals surface area contributed by atoms with Crippen molar-refractivity contribution in [3.8, 4) is 5.75 Å². The first-order valence-electron chi connectivity index (χ1n) is 7.11. The van der Waals surface area contributed by atoms with Gasteiger partial charge < -0.3 is 15.0 Å². The lowest BCUT2D eigenvalue weighted by Crippen LogP contribution is -2.50. The summed E-state index contributed by atoms with van der Waals surface area (Å²) in [4.78, 5) is 2.30. The zero-order chi connectivity index (χ0) is 13.4. The third-order valence-electron chi connectivity index (χ3n) is 4.31. The van der Waals surface area contributed by atoms with Gasteiger partial charge in [0.2, 0.25) is 0 Å². The average Bonchev–Trinajstić information content (AvgIpc) is 2.38. The first kappa shape index (κ1) is 12.5. The van der Waals surface area contributed by atoms with E-state index in [1.165, 1.54) is 22.5 Å². The average molecular weight is 258 g/mol. The third kappa shape index (κ3) is 2.23. The molecule has 2 aliphatic rings. The first-order chi connectivity index (χ1) is 9.19. The molecule has 3 nitrogen and oxygen atoms in total. The van der Waals surface area contributed by atoms with Gasteiger partial charge in [-0.05, 0) is 37.0 Å². The van der Waals surface area contributed by atoms with Crippen molar-refractivity contribution in [3.63, 3.8) is 0 Å². The van der Waals surface area contributed by atoms with Crippen LogP contribution in [0, 0.1) is 0 Å². The molecule has 0 radical (unpaired) electrons. The maximum absolute atomic E-state index is 5.95. The monoisotopic (exact) mass is 258 g/mol. The Bertz CT molecular complexity index is 517. The molecule has 1 N–H and O–H groups in total. The molecule has 1 saturated heterocycles. The molecule has 1 aromatic carbocycles. The van der Waals surface area contributed by atoms with E-state index in [0.717, 1.165) is 31.7 Å². The summed E-state index contributed by atoms with van der Waals surface area (Å²) in [5.41, 5.74) is 5.62. The number of ether oxygens (including phenoxy) is 1. The minimum atomic E-state index is 0.342. The predicted octanol–water partition coefficient (Wildman–Crippen LogP) is 2.71. The fraction of sp³-hybridized carbons (Fsp3) is 0.500. The van der Waals surface area contributed by atoms with Gasteiger partial charge in [-0.15, -0.1) is 0 Å². The summed E-state index contributed by atoms with van der Waals surface area (Å²) in [5, 5.41) is 3.23. The van der Waals surface area contributed by atoms with Crippen LogP contribution in [-0.4, -0.2) is 26.2 Å². The summed E-state index contributed by atoms with van der Waals surface area (Å²) < 4.78 is 5.95. The van der Waals surface area contributed by atoms with Crippen molar-refractivity contribution in [2.24, 2.45) is 0 Å². The number of benzene rings is 1. The molecule has 0 spiro atoms. The number of hydrogen-bond acceptors (Lipinski definition) is 3. The van der Waals surface area contributed by atoms with E-state index in [-0.39, 0.29) is 0 Å². The van der Waals surface area contributed by atoms with E-state index in [4.69, 9.17) is 4.74 Å². The van der Waals surface area contributed by atoms with Crippen molar-refractivity contribution in [3.05, 3.63) is 35.0 Å². The Labute approximate surface area is 115 Å². The SMILES string of the molecule is CCC1=C(C)N(C)c2cc(OC3CNC3)ccc2C1. The van der Waals surface area contributed by atoms with E-state index in [9.17, 15) is 0 Å². The van der Waals surface area contributed by atoms with Gasteiger partial charge in [0, 0.05) is 37.6 Å². The van der Waals surface area contributed by atoms with Crippen LogP contribution in [-0.2, 0) is 6.42 Å². The Balaban J connectivity index is 1.87. The number of anilines is 1. The molecule has 102 valence electrons. The molecule has 0 atom stereocenters. The van der Waals surface area contributed by atoms with E-state index >= 15 is 0 Å². The van der Waals surface area contributed by atoms with Crippen LogP contribution >= 0.6 is 0 Å². The Kier molecular flexibility index (Phi) is 3.23. The van der Waals surface area contributed by atoms with E-state index in [2.05, 4.69) is 49.3 Å². The number of nitrogens with one attached hydrogen (secondary N) is 1. The second-order valence-corrected chi connectivity index (χ2v) is 5.47. The van der Waals surface area contributed by atoms with Gasteiger partial charge in [-0.25, -0.2) is 0 Å². The predicted molar refractivity (Wildman–Crippen MR) is 78.8 cm³/mol. The van der Waals surface area contributed by atoms with Crippen molar-refractivity contribution < 1.29 is 4.74 Å². The smallest absolute Gasteiger partial charge is 0.123 e. The molecule has 1 fully saturated rings. The third-order valence-corrected chi connectivity index (χ3v) is 4.31. The summed E-state index contributed by atoms with van der Waals surface area (Å²) in [7, 11) is 2.15. The van der Waals surface area contributed by atoms with Crippen LogP contribution in [0.5, 0.6) is 5.75 Å². The highest BCUT2D eigenvalue weighted by Gasteiger charge is 2.22. The Morgan fingerprint density at radius 3 is 2.79 bits per heavy atom. The molecule has 1 aromatic rings. The first-order valence-corrected chi connectivity index (χ1v) is 7.11. The summed E-state index contributed by atoms with van der Waals surface area (Å²) in [5.74, 6) is 0.991. The topological polar surface area (TPSA) is 24.5 Å². The van der Waals surface area contributed by atoms with Crippen LogP contribution < -0.4 is 15.0 Å². The van der Waals surface area contributed by atoms with Gasteiger partial charge in [0.25, 0.3) is 0 Å². The van der Waals surface area contributed by atoms with Gasteiger partial charge >= 0.3 is 0 Å². The van der Waals surface area contributed by atoms with Gasteiger partial charge in [-0.2, -0.15) is 0 Å². The minimum absolute atomic E-state index is 0.342. The van der Waals surface area contributed by atoms with Crippen LogP contribution in [0.4, 0.5) is 5.69 Å². The highest BCUT2D eigenvalue weighted by molar-refractivity contribution is 5.64. The van der Waals surface area contributed by atoms with E-state index in [1.54, 1.807) is 0 Å². The van der Waals surface area contributed by atoms with Crippen molar-refractivity contribution in [2.45, 2.75) is 32.8 Å². The van der Waals surface area contributed by atoms with Gasteiger partial charge in [0.1, 0.15) is 11.9 Å². The highest BCUT2D eigenvalue weighted by Crippen LogP contribution is 2.35. The number of rotatable bonds is 3. The molecule has 0 aliphatic carbocycles. The fourth-order valence-corrected chi connectivity index (χ4v) is 2.77. The fourth-order valence-electron chi connectivity index (χ4n) is 2.77. The molecule has 0 aromatic heterocycles. The summed E-state index contributed by atoms with van der Waals surface area (Å²) in [6, 6.07) is 6.51. The molecule has 2 aliphatic heterocycles. The Morgan fingerprint density at radius 1 is 1.37 bits per heavy atom. The standard InChI is InChI=1S/C16H22N2O/c1-4-12-7-13-5-6-14(19-15-9-17-10-15)8-16(13)18(3)11(12)2/h5-6,8,15,17H,4,7,9-10H2,1-3H3. The Hall–Kier alpha value is -1.48. The van der Waals surface area contributed by atoms with Crippen LogP contribution in [0.15, 0.2) is 29.5 Å². The van der Waals surface area contributed by atoms with Crippen molar-refractivity contribution in [1.82, 2.24) is 5.32 Å². The van der Waals surface area contributed by atoms with Crippen molar-refractivity contribution >= 4 is 5.69 Å². The summed E-state index contributed by atoms with van der Waals surface area (Å²) >= 11 is 0. The second-order valence-electron chi connectivity index (χ2n) is 5.47. The van der Waals surface area contributed by atoms with Crippen LogP contribution in [0.25, 0.3) is 0 Å². The van der Waals surface area contributed by atoms with Crippen LogP contribution in [0.1, 0.15) is 25.8 Å². The quantitative estimate of drug-likeness (QED) is 0.902. The van der Waals surface area contributed by atoms with E-state index < -0.39 is 0 Å². The molecule has 19 heavy (non-hydrogen) atoms. The van der Waals surface area contributed by atoms with Crippen molar-refractivity contribution in [1.29, 1.82) is 0 Å². The zero-order valence-electron chi connectivity index (χ0n) is 12.0. The molecule has 2 heterocycles. The van der Waals surface area contributed by atoms with Gasteiger partial charge in [0.15, 0.2) is 0 Å². The second kappa shape index (κ2) is 4.89. The number of fused-ring (bicyclic) bond motifs is 1. The molecule has 0 amide bonds. The lowest BCUT2D eigenvalue weighted by Gasteiger charge is -2.32. The number of allylic oxidation sites excluding steroid dienone is 2. The highest BCUT2D eigenvalue weighted by atomic mass is 16.5. The lowest BCUT2D eigenvalue weighted by atomic mass is 9.95. The van der Waals surface area contributed by atoms with Crippen molar-refractivity contribution in [2.75, 3.05) is 25.0 Å². The van der Waals surface area contributed by atoms with Gasteiger partial charge in [-0.3, -0.25) is 0 Å². The van der Waals surface area contributed by atoms with Gasteiger partial charge in [-0.1, -0.05) is 13.0 Å². The normalized spacial score (nSPS) is 19.2. The van der Waals surface area contributed by atoms with E-state index in [1.807, 2.05) is 0 Å². The molecule has 3 rings (SSSR count). The van der Waals surface area contributed by atoms with Crippen LogP contribution in [0.3, 0.4) is 0 Å². The zero-order valence-corrected chi connectivity index (χ0v) is 12.0. The maximum atomic E-state index is 5.95. The summed E-state index contributed by atoms with van der Waals surface area (Å²) in [6.45, 7) is 6.38. The number of nitrogens with zero attached hydrogens (tertiary/aromatic N) is 1. The van der Waals surface area contributed by atoms with E-state index in [0.29, 0.717) is 6.10 Å². The Morgan fingerprint density at radius 2 is 2.16 bits per heavy atom. The molecule has 3 heteroatoms. The van der Waals surface area contributed by atoms with Crippen LogP contribution in [0.2, 0.25) is 0 Å². The summed E-state index contributed by atoms with van der Waals surface area (Å²) in [6.07, 6.45) is 2.55. The lowest BCUT2D eigenvalue weighted by molar-refractivity contribution is 0.142. The molecular formula is C16H22N2O. The molecule has 0 saturated carbocycles. The largest absolute Gasteiger partial charge is 0.488 e. The molecular weight excluding hydrogens is 236 g/mol. The molecule has 0 bridgehead atoms.